The Morgan fingerprint density at radius 2 is 2.12 bits per heavy atom. The lowest BCUT2D eigenvalue weighted by Gasteiger charge is -2.23. The van der Waals surface area contributed by atoms with Crippen molar-refractivity contribution in [2.75, 3.05) is 11.9 Å². The van der Waals surface area contributed by atoms with E-state index < -0.39 is 4.92 Å². The summed E-state index contributed by atoms with van der Waals surface area (Å²) in [4.78, 5) is 32.7. The van der Waals surface area contributed by atoms with Crippen molar-refractivity contribution in [3.63, 3.8) is 0 Å². The van der Waals surface area contributed by atoms with Crippen LogP contribution in [0.2, 0.25) is 0 Å². The van der Waals surface area contributed by atoms with Gasteiger partial charge in [-0.1, -0.05) is 0 Å². The van der Waals surface area contributed by atoms with Crippen LogP contribution in [0.25, 0.3) is 22.4 Å². The maximum Gasteiger partial charge on any atom is 0.289 e. The number of imidazole rings is 1. The van der Waals surface area contributed by atoms with Gasteiger partial charge in [-0.3, -0.25) is 19.7 Å². The fourth-order valence-corrected chi connectivity index (χ4v) is 3.77. The lowest BCUT2D eigenvalue weighted by Crippen LogP contribution is -2.17. The number of fused-ring (bicyclic) bond motifs is 1. The highest BCUT2D eigenvalue weighted by Gasteiger charge is 2.22. The van der Waals surface area contributed by atoms with Crippen LogP contribution in [-0.4, -0.2) is 41.0 Å². The van der Waals surface area contributed by atoms with Gasteiger partial charge in [-0.15, -0.1) is 0 Å². The first kappa shape index (κ1) is 19.9. The monoisotopic (exact) mass is 432 g/mol. The summed E-state index contributed by atoms with van der Waals surface area (Å²) in [7, 11) is 0. The maximum atomic E-state index is 11.2. The zero-order valence-electron chi connectivity index (χ0n) is 17.3. The second-order valence-corrected chi connectivity index (χ2v) is 7.48. The standard InChI is InChI=1S/C21H20N8O3/c1-13-16(9-14(10-23-13)29(30)31)27-20-15(5-4-7-22-20)18-19-21(25-11-24-18)28(12-26-19)17-6-2-3-8-32-17/h4-5,7,9-12,17H,2-3,6,8H2,1H3,(H,22,27). The molecule has 1 saturated heterocycles. The number of ether oxygens (including phenoxy) is 1. The van der Waals surface area contributed by atoms with E-state index in [1.807, 2.05) is 10.6 Å². The Bertz CT molecular complexity index is 1300. The maximum absolute atomic E-state index is 11.2. The first-order chi connectivity index (χ1) is 15.6. The lowest BCUT2D eigenvalue weighted by molar-refractivity contribution is -0.385. The van der Waals surface area contributed by atoms with Crippen LogP contribution in [0.5, 0.6) is 0 Å². The second kappa shape index (κ2) is 8.27. The van der Waals surface area contributed by atoms with Crippen molar-refractivity contribution in [3.05, 3.63) is 59.1 Å². The van der Waals surface area contributed by atoms with Crippen LogP contribution in [0.1, 0.15) is 31.2 Å². The summed E-state index contributed by atoms with van der Waals surface area (Å²) < 4.78 is 7.84. The minimum Gasteiger partial charge on any atom is -0.358 e. The van der Waals surface area contributed by atoms with E-state index in [2.05, 4.69) is 30.2 Å². The van der Waals surface area contributed by atoms with E-state index >= 15 is 0 Å². The summed E-state index contributed by atoms with van der Waals surface area (Å²) in [6.07, 6.45) is 9.06. The summed E-state index contributed by atoms with van der Waals surface area (Å²) in [6, 6.07) is 5.10. The van der Waals surface area contributed by atoms with Gasteiger partial charge in [0.05, 0.1) is 22.6 Å². The Balaban J connectivity index is 1.57. The van der Waals surface area contributed by atoms with Gasteiger partial charge in [0.2, 0.25) is 0 Å². The smallest absolute Gasteiger partial charge is 0.289 e. The van der Waals surface area contributed by atoms with Crippen molar-refractivity contribution in [3.8, 4) is 11.3 Å². The highest BCUT2D eigenvalue weighted by Crippen LogP contribution is 2.33. The van der Waals surface area contributed by atoms with Gasteiger partial charge in [-0.25, -0.2) is 19.9 Å². The molecule has 1 unspecified atom stereocenters. The van der Waals surface area contributed by atoms with E-state index in [9.17, 15) is 10.1 Å². The molecule has 0 amide bonds. The fourth-order valence-electron chi connectivity index (χ4n) is 3.77. The molecule has 0 aliphatic carbocycles. The van der Waals surface area contributed by atoms with Gasteiger partial charge >= 0.3 is 0 Å². The van der Waals surface area contributed by atoms with Crippen molar-refractivity contribution in [2.45, 2.75) is 32.4 Å². The molecular weight excluding hydrogens is 412 g/mol. The molecule has 1 aliphatic rings. The minimum absolute atomic E-state index is 0.0958. The molecule has 4 aromatic rings. The third kappa shape index (κ3) is 3.62. The average Bonchev–Trinajstić information content (AvgIpc) is 3.26. The molecule has 5 rings (SSSR count). The summed E-state index contributed by atoms with van der Waals surface area (Å²) >= 11 is 0. The first-order valence-corrected chi connectivity index (χ1v) is 10.2. The number of anilines is 2. The van der Waals surface area contributed by atoms with Crippen molar-refractivity contribution in [1.29, 1.82) is 0 Å². The topological polar surface area (TPSA) is 134 Å². The quantitative estimate of drug-likeness (QED) is 0.367. The Hall–Kier alpha value is -3.99. The molecule has 1 fully saturated rings. The Labute approximate surface area is 182 Å². The van der Waals surface area contributed by atoms with Crippen LogP contribution in [0.3, 0.4) is 0 Å². The number of nitrogens with zero attached hydrogens (tertiary/aromatic N) is 7. The van der Waals surface area contributed by atoms with E-state index in [1.54, 1.807) is 25.5 Å². The number of rotatable bonds is 5. The predicted molar refractivity (Wildman–Crippen MR) is 116 cm³/mol. The Morgan fingerprint density at radius 1 is 1.22 bits per heavy atom. The minimum atomic E-state index is -0.481. The summed E-state index contributed by atoms with van der Waals surface area (Å²) in [5.74, 6) is 0.487. The van der Waals surface area contributed by atoms with Gasteiger partial charge in [0, 0.05) is 24.4 Å². The number of aromatic nitrogens is 6. The van der Waals surface area contributed by atoms with E-state index in [0.717, 1.165) is 25.9 Å². The number of nitro groups is 1. The molecule has 11 nitrogen and oxygen atoms in total. The molecule has 4 aromatic heterocycles. The molecule has 1 N–H and O–H groups in total. The first-order valence-electron chi connectivity index (χ1n) is 10.2. The SMILES string of the molecule is Cc1ncc([N+](=O)[O-])cc1Nc1ncccc1-c1ncnc2c1ncn2C1CCCCO1. The van der Waals surface area contributed by atoms with Gasteiger partial charge in [0.25, 0.3) is 5.69 Å². The van der Waals surface area contributed by atoms with E-state index in [0.29, 0.717) is 39.6 Å². The average molecular weight is 432 g/mol. The second-order valence-electron chi connectivity index (χ2n) is 7.48. The Kier molecular flexibility index (Phi) is 5.15. The van der Waals surface area contributed by atoms with Gasteiger partial charge in [-0.2, -0.15) is 0 Å². The molecule has 0 radical (unpaired) electrons. The highest BCUT2D eigenvalue weighted by atomic mass is 16.6. The molecule has 0 spiro atoms. The fraction of sp³-hybridized carbons (Fsp3) is 0.286. The summed E-state index contributed by atoms with van der Waals surface area (Å²) in [5.41, 5.74) is 3.61. The molecule has 1 aliphatic heterocycles. The van der Waals surface area contributed by atoms with Crippen LogP contribution < -0.4 is 5.32 Å². The van der Waals surface area contributed by atoms with E-state index in [-0.39, 0.29) is 11.9 Å². The van der Waals surface area contributed by atoms with Gasteiger partial charge in [0.15, 0.2) is 5.65 Å². The molecule has 5 heterocycles. The normalized spacial score (nSPS) is 16.2. The van der Waals surface area contributed by atoms with Crippen molar-refractivity contribution in [2.24, 2.45) is 0 Å². The van der Waals surface area contributed by atoms with E-state index in [4.69, 9.17) is 4.74 Å². The number of hydrogen-bond donors (Lipinski definition) is 1. The molecule has 0 bridgehead atoms. The Morgan fingerprint density at radius 3 is 2.94 bits per heavy atom. The molecule has 1 atom stereocenters. The molecule has 0 aromatic carbocycles. The number of nitrogens with one attached hydrogen (secondary N) is 1. The third-order valence-electron chi connectivity index (χ3n) is 5.42. The molecule has 32 heavy (non-hydrogen) atoms. The molecular formula is C21H20N8O3. The number of pyridine rings is 2. The highest BCUT2D eigenvalue weighted by molar-refractivity contribution is 5.91. The lowest BCUT2D eigenvalue weighted by atomic mass is 10.1. The number of aryl methyl sites for hydroxylation is 1. The third-order valence-corrected chi connectivity index (χ3v) is 5.42. The van der Waals surface area contributed by atoms with Crippen LogP contribution in [-0.2, 0) is 4.74 Å². The summed E-state index contributed by atoms with van der Waals surface area (Å²) in [6.45, 7) is 2.49. The molecule has 11 heteroatoms. The van der Waals surface area contributed by atoms with Crippen LogP contribution in [0.15, 0.2) is 43.2 Å². The summed E-state index contributed by atoms with van der Waals surface area (Å²) in [5, 5.41) is 14.3. The van der Waals surface area contributed by atoms with Crippen LogP contribution in [0, 0.1) is 17.0 Å². The van der Waals surface area contributed by atoms with Gasteiger partial charge < -0.3 is 10.1 Å². The molecule has 162 valence electrons. The van der Waals surface area contributed by atoms with Crippen molar-refractivity contribution < 1.29 is 9.66 Å². The van der Waals surface area contributed by atoms with Gasteiger partial charge in [0.1, 0.15) is 35.8 Å². The predicted octanol–water partition coefficient (Wildman–Crippen LogP) is 3.94. The van der Waals surface area contributed by atoms with Crippen molar-refractivity contribution in [1.82, 2.24) is 29.5 Å². The number of hydrogen-bond acceptors (Lipinski definition) is 9. The van der Waals surface area contributed by atoms with Crippen molar-refractivity contribution >= 4 is 28.4 Å². The zero-order valence-corrected chi connectivity index (χ0v) is 17.3. The van der Waals surface area contributed by atoms with Gasteiger partial charge in [-0.05, 0) is 38.3 Å². The van der Waals surface area contributed by atoms with Crippen LogP contribution >= 0.6 is 0 Å². The molecule has 0 saturated carbocycles. The largest absolute Gasteiger partial charge is 0.358 e. The van der Waals surface area contributed by atoms with Crippen LogP contribution in [0.4, 0.5) is 17.2 Å². The zero-order chi connectivity index (χ0) is 22.1. The van der Waals surface area contributed by atoms with E-state index in [1.165, 1.54) is 18.6 Å².